The number of nitrogens with zero attached hydrogens (tertiary/aromatic N) is 1. The Morgan fingerprint density at radius 1 is 1.05 bits per heavy atom. The third kappa shape index (κ3) is 2.96. The minimum atomic E-state index is -0.184. The fourth-order valence-electron chi connectivity index (χ4n) is 2.13. The van der Waals surface area contributed by atoms with Gasteiger partial charge in [0.05, 0.1) is 10.6 Å². The summed E-state index contributed by atoms with van der Waals surface area (Å²) < 4.78 is 1.54. The molecule has 1 heterocycles. The van der Waals surface area contributed by atoms with Crippen molar-refractivity contribution in [3.63, 3.8) is 0 Å². The van der Waals surface area contributed by atoms with E-state index in [1.54, 1.807) is 16.1 Å². The van der Waals surface area contributed by atoms with E-state index < -0.39 is 0 Å². The fraction of sp³-hybridized carbons (Fsp3) is 0.0588. The van der Waals surface area contributed by atoms with Crippen LogP contribution in [0.5, 0.6) is 0 Å². The minimum Gasteiger partial charge on any atom is -0.288 e. The maximum absolute atomic E-state index is 12.4. The second kappa shape index (κ2) is 6.42. The van der Waals surface area contributed by atoms with Gasteiger partial charge >= 0.3 is 0 Å². The van der Waals surface area contributed by atoms with Crippen molar-refractivity contribution in [1.82, 2.24) is 3.96 Å². The predicted octanol–water partition coefficient (Wildman–Crippen LogP) is 4.02. The van der Waals surface area contributed by atoms with E-state index >= 15 is 0 Å². The number of hydrogen-bond acceptors (Lipinski definition) is 3. The van der Waals surface area contributed by atoms with Crippen LogP contribution >= 0.6 is 27.5 Å². The molecule has 5 heteroatoms. The standard InChI is InChI=1S/C17H12BrNO2S/c18-11-12-5-4-8-14(9-12)19-16(20)10-15(22-19)17(21)13-6-2-1-3-7-13/h1-10H,11H2. The number of carbonyl (C=O) groups is 1. The first-order chi connectivity index (χ1) is 10.7. The van der Waals surface area contributed by atoms with Gasteiger partial charge in [0, 0.05) is 17.0 Å². The highest BCUT2D eigenvalue weighted by Crippen LogP contribution is 2.18. The number of hydrogen-bond donors (Lipinski definition) is 0. The quantitative estimate of drug-likeness (QED) is 0.511. The van der Waals surface area contributed by atoms with E-state index in [1.165, 1.54) is 17.6 Å². The van der Waals surface area contributed by atoms with E-state index in [0.29, 0.717) is 10.4 Å². The Labute approximate surface area is 140 Å². The molecule has 0 N–H and O–H groups in total. The average Bonchev–Trinajstić information content (AvgIpc) is 2.97. The van der Waals surface area contributed by atoms with Crippen LogP contribution in [0.25, 0.3) is 5.69 Å². The summed E-state index contributed by atoms with van der Waals surface area (Å²) in [6, 6.07) is 18.1. The van der Waals surface area contributed by atoms with Crippen molar-refractivity contribution in [3.05, 3.63) is 87.0 Å². The minimum absolute atomic E-state index is 0.127. The molecular weight excluding hydrogens is 362 g/mol. The zero-order chi connectivity index (χ0) is 15.5. The van der Waals surface area contributed by atoms with Crippen molar-refractivity contribution in [2.75, 3.05) is 0 Å². The van der Waals surface area contributed by atoms with Gasteiger partial charge in [-0.25, -0.2) is 3.96 Å². The van der Waals surface area contributed by atoms with Gasteiger partial charge in [-0.2, -0.15) is 0 Å². The monoisotopic (exact) mass is 373 g/mol. The Hall–Kier alpha value is -1.98. The van der Waals surface area contributed by atoms with Gasteiger partial charge in [0.15, 0.2) is 0 Å². The van der Waals surface area contributed by atoms with Crippen molar-refractivity contribution in [2.45, 2.75) is 5.33 Å². The van der Waals surface area contributed by atoms with Crippen LogP contribution in [-0.4, -0.2) is 9.74 Å². The molecule has 22 heavy (non-hydrogen) atoms. The largest absolute Gasteiger partial charge is 0.288 e. The summed E-state index contributed by atoms with van der Waals surface area (Å²) in [5.74, 6) is -0.127. The number of aromatic nitrogens is 1. The van der Waals surface area contributed by atoms with E-state index in [9.17, 15) is 9.59 Å². The molecule has 0 fully saturated rings. The van der Waals surface area contributed by atoms with E-state index in [4.69, 9.17) is 0 Å². The third-order valence-corrected chi connectivity index (χ3v) is 4.92. The molecule has 1 aromatic heterocycles. The van der Waals surface area contributed by atoms with Gasteiger partial charge in [0.25, 0.3) is 5.56 Å². The molecule has 3 rings (SSSR count). The predicted molar refractivity (Wildman–Crippen MR) is 92.4 cm³/mol. The number of carbonyl (C=O) groups excluding carboxylic acids is 1. The SMILES string of the molecule is O=C(c1ccccc1)c1cc(=O)n(-c2cccc(CBr)c2)s1. The Bertz CT molecular complexity index is 868. The summed E-state index contributed by atoms with van der Waals surface area (Å²) >= 11 is 4.58. The lowest BCUT2D eigenvalue weighted by Gasteiger charge is -2.02. The van der Waals surface area contributed by atoms with Crippen LogP contribution in [0.3, 0.4) is 0 Å². The Morgan fingerprint density at radius 2 is 1.82 bits per heavy atom. The van der Waals surface area contributed by atoms with Crippen LogP contribution in [0.2, 0.25) is 0 Å². The lowest BCUT2D eigenvalue weighted by atomic mass is 10.1. The summed E-state index contributed by atoms with van der Waals surface area (Å²) in [5, 5.41) is 0.719. The molecule has 0 radical (unpaired) electrons. The molecule has 0 amide bonds. The molecule has 0 unspecified atom stereocenters. The molecular formula is C17H12BrNO2S. The fourth-order valence-corrected chi connectivity index (χ4v) is 3.39. The first-order valence-corrected chi connectivity index (χ1v) is 8.57. The van der Waals surface area contributed by atoms with Crippen LogP contribution in [0.15, 0.2) is 65.5 Å². The van der Waals surface area contributed by atoms with Crippen molar-refractivity contribution in [3.8, 4) is 5.69 Å². The van der Waals surface area contributed by atoms with Crippen LogP contribution in [0.4, 0.5) is 0 Å². The third-order valence-electron chi connectivity index (χ3n) is 3.20. The highest BCUT2D eigenvalue weighted by atomic mass is 79.9. The molecule has 0 saturated heterocycles. The van der Waals surface area contributed by atoms with Crippen molar-refractivity contribution in [2.24, 2.45) is 0 Å². The summed E-state index contributed by atoms with van der Waals surface area (Å²) in [4.78, 5) is 25.0. The molecule has 0 saturated carbocycles. The van der Waals surface area contributed by atoms with Crippen LogP contribution in [-0.2, 0) is 5.33 Å². The van der Waals surface area contributed by atoms with Crippen LogP contribution in [0.1, 0.15) is 20.8 Å². The van der Waals surface area contributed by atoms with E-state index in [1.807, 2.05) is 42.5 Å². The van der Waals surface area contributed by atoms with Crippen molar-refractivity contribution < 1.29 is 4.79 Å². The molecule has 0 spiro atoms. The second-order valence-electron chi connectivity index (χ2n) is 4.73. The number of halogens is 1. The molecule has 0 aliphatic rings. The summed E-state index contributed by atoms with van der Waals surface area (Å²) in [5.41, 5.74) is 2.26. The van der Waals surface area contributed by atoms with Crippen molar-refractivity contribution in [1.29, 1.82) is 0 Å². The number of benzene rings is 2. The van der Waals surface area contributed by atoms with Gasteiger partial charge in [-0.1, -0.05) is 58.4 Å². The zero-order valence-corrected chi connectivity index (χ0v) is 13.9. The molecule has 3 nitrogen and oxygen atoms in total. The average molecular weight is 374 g/mol. The maximum atomic E-state index is 12.4. The number of ketones is 1. The highest BCUT2D eigenvalue weighted by Gasteiger charge is 2.15. The molecule has 0 bridgehead atoms. The van der Waals surface area contributed by atoms with E-state index in [0.717, 1.165) is 16.6 Å². The number of rotatable bonds is 4. The van der Waals surface area contributed by atoms with E-state index in [2.05, 4.69) is 15.9 Å². The van der Waals surface area contributed by atoms with Gasteiger partial charge < -0.3 is 0 Å². The molecule has 0 aliphatic heterocycles. The first kappa shape index (κ1) is 14.9. The Kier molecular flexibility index (Phi) is 4.36. The van der Waals surface area contributed by atoms with Gasteiger partial charge in [0.1, 0.15) is 0 Å². The van der Waals surface area contributed by atoms with Gasteiger partial charge in [-0.05, 0) is 29.2 Å². The van der Waals surface area contributed by atoms with Crippen LogP contribution < -0.4 is 5.56 Å². The zero-order valence-electron chi connectivity index (χ0n) is 11.5. The molecule has 0 atom stereocenters. The lowest BCUT2D eigenvalue weighted by Crippen LogP contribution is -2.09. The maximum Gasteiger partial charge on any atom is 0.266 e. The Balaban J connectivity index is 2.01. The normalized spacial score (nSPS) is 10.6. The smallest absolute Gasteiger partial charge is 0.266 e. The van der Waals surface area contributed by atoms with Crippen LogP contribution in [0, 0.1) is 0 Å². The second-order valence-corrected chi connectivity index (χ2v) is 6.28. The summed E-state index contributed by atoms with van der Waals surface area (Å²) in [6.07, 6.45) is 0. The first-order valence-electron chi connectivity index (χ1n) is 6.67. The molecule has 0 aliphatic carbocycles. The highest BCUT2D eigenvalue weighted by molar-refractivity contribution is 9.08. The molecule has 2 aromatic carbocycles. The molecule has 3 aromatic rings. The van der Waals surface area contributed by atoms with Gasteiger partial charge in [0.2, 0.25) is 5.78 Å². The summed E-state index contributed by atoms with van der Waals surface area (Å²) in [6.45, 7) is 0. The van der Waals surface area contributed by atoms with Gasteiger partial charge in [-0.15, -0.1) is 0 Å². The Morgan fingerprint density at radius 3 is 2.55 bits per heavy atom. The lowest BCUT2D eigenvalue weighted by molar-refractivity contribution is 0.104. The molecule has 110 valence electrons. The topological polar surface area (TPSA) is 39.1 Å². The van der Waals surface area contributed by atoms with Gasteiger partial charge in [-0.3, -0.25) is 9.59 Å². The van der Waals surface area contributed by atoms with Crippen molar-refractivity contribution >= 4 is 33.2 Å². The number of alkyl halides is 1. The summed E-state index contributed by atoms with van der Waals surface area (Å²) in [7, 11) is 0. The van der Waals surface area contributed by atoms with E-state index in [-0.39, 0.29) is 11.3 Å².